The van der Waals surface area contributed by atoms with Crippen molar-refractivity contribution in [2.24, 2.45) is 56.7 Å². The molecule has 5 aliphatic rings. The lowest BCUT2D eigenvalue weighted by Gasteiger charge is -2.70. The van der Waals surface area contributed by atoms with Gasteiger partial charge in [0.25, 0.3) is 0 Å². The highest BCUT2D eigenvalue weighted by molar-refractivity contribution is 5.35. The van der Waals surface area contributed by atoms with Gasteiger partial charge in [0.15, 0.2) is 0 Å². The Kier molecular flexibility index (Phi) is 5.23. The van der Waals surface area contributed by atoms with Gasteiger partial charge in [-0.3, -0.25) is 0 Å². The van der Waals surface area contributed by atoms with Crippen molar-refractivity contribution in [3.8, 4) is 0 Å². The average molecular weight is 459 g/mol. The summed E-state index contributed by atoms with van der Waals surface area (Å²) in [5.41, 5.74) is 1.51. The smallest absolute Gasteiger partial charge is 0.0614 e. The second-order valence-electron chi connectivity index (χ2n) is 15.0. The fourth-order valence-electron chi connectivity index (χ4n) is 11.2. The van der Waals surface area contributed by atoms with Crippen LogP contribution in [-0.4, -0.2) is 33.6 Å². The number of fused-ring (bicyclic) bond motifs is 7. The van der Waals surface area contributed by atoms with Crippen LogP contribution >= 0.6 is 0 Å². The maximum absolute atomic E-state index is 11.8. The lowest BCUT2D eigenvalue weighted by molar-refractivity contribution is -0.202. The van der Waals surface area contributed by atoms with Gasteiger partial charge in [-0.15, -0.1) is 0 Å². The molecule has 0 radical (unpaired) electrons. The minimum absolute atomic E-state index is 0.00883. The van der Waals surface area contributed by atoms with Crippen LogP contribution in [0.4, 0.5) is 0 Å². The minimum Gasteiger partial charge on any atom is -0.393 e. The molecule has 3 heteroatoms. The quantitative estimate of drug-likeness (QED) is 0.425. The minimum atomic E-state index is -0.368. The predicted octanol–water partition coefficient (Wildman–Crippen LogP) is 5.97. The summed E-state index contributed by atoms with van der Waals surface area (Å²) in [7, 11) is 0. The molecule has 0 aromatic rings. The van der Waals surface area contributed by atoms with Crippen LogP contribution in [0.2, 0.25) is 0 Å². The molecule has 0 unspecified atom stereocenters. The summed E-state index contributed by atoms with van der Waals surface area (Å²) in [6.07, 6.45) is 8.51. The van der Waals surface area contributed by atoms with Crippen LogP contribution in [0.15, 0.2) is 11.6 Å². The van der Waals surface area contributed by atoms with Crippen LogP contribution in [-0.2, 0) is 0 Å². The molecule has 33 heavy (non-hydrogen) atoms. The molecule has 0 bridgehead atoms. The van der Waals surface area contributed by atoms with E-state index in [4.69, 9.17) is 0 Å². The lowest BCUT2D eigenvalue weighted by Crippen LogP contribution is -2.66. The van der Waals surface area contributed by atoms with Crippen molar-refractivity contribution in [3.63, 3.8) is 0 Å². The van der Waals surface area contributed by atoms with E-state index in [0.717, 1.165) is 44.9 Å². The molecule has 0 aliphatic heterocycles. The molecule has 3 nitrogen and oxygen atoms in total. The summed E-state index contributed by atoms with van der Waals surface area (Å²) in [6, 6.07) is 0. The Hall–Kier alpha value is -0.380. The van der Waals surface area contributed by atoms with E-state index < -0.39 is 0 Å². The molecule has 0 heterocycles. The molecule has 4 fully saturated rings. The Morgan fingerprint density at radius 1 is 0.848 bits per heavy atom. The first kappa shape index (κ1) is 24.3. The summed E-state index contributed by atoms with van der Waals surface area (Å²) >= 11 is 0. The van der Waals surface area contributed by atoms with E-state index in [1.54, 1.807) is 0 Å². The van der Waals surface area contributed by atoms with Gasteiger partial charge in [0, 0.05) is 5.92 Å². The lowest BCUT2D eigenvalue weighted by atomic mass is 9.35. The summed E-state index contributed by atoms with van der Waals surface area (Å²) in [5, 5.41) is 34.2. The molecule has 5 aliphatic carbocycles. The number of rotatable bonds is 1. The molecule has 0 aromatic heterocycles. The SMILES string of the molecule is CC(C)[C@@H]1C[C@@H](O)[C@H]2[C@@]1(C)CC[C@@]1(C)[C@H]3C(=CC[C@]21C)[C@@]1(C)CC[C@H](O)C(C)(C)[C@@H]1C[C@@H]3O. The second kappa shape index (κ2) is 7.10. The molecule has 11 atom stereocenters. The van der Waals surface area contributed by atoms with Crippen LogP contribution in [0.25, 0.3) is 0 Å². The first-order chi connectivity index (χ1) is 15.1. The van der Waals surface area contributed by atoms with E-state index in [1.807, 2.05) is 0 Å². The van der Waals surface area contributed by atoms with Crippen LogP contribution in [0.3, 0.4) is 0 Å². The molecule has 3 N–H and O–H groups in total. The van der Waals surface area contributed by atoms with Gasteiger partial charge in [-0.2, -0.15) is 0 Å². The van der Waals surface area contributed by atoms with E-state index in [2.05, 4.69) is 61.5 Å². The third-order valence-electron chi connectivity index (χ3n) is 13.2. The largest absolute Gasteiger partial charge is 0.393 e. The van der Waals surface area contributed by atoms with Crippen molar-refractivity contribution in [1.82, 2.24) is 0 Å². The molecular weight excluding hydrogens is 408 g/mol. The number of aliphatic hydroxyl groups is 3. The second-order valence-corrected chi connectivity index (χ2v) is 15.0. The molecule has 5 rings (SSSR count). The maximum atomic E-state index is 11.8. The highest BCUT2D eigenvalue weighted by Gasteiger charge is 2.71. The molecule has 0 spiro atoms. The van der Waals surface area contributed by atoms with Crippen molar-refractivity contribution in [3.05, 3.63) is 11.6 Å². The maximum Gasteiger partial charge on any atom is 0.0614 e. The zero-order chi connectivity index (χ0) is 24.4. The van der Waals surface area contributed by atoms with E-state index in [9.17, 15) is 15.3 Å². The Morgan fingerprint density at radius 2 is 1.52 bits per heavy atom. The highest BCUT2D eigenvalue weighted by atomic mass is 16.3. The van der Waals surface area contributed by atoms with E-state index in [1.165, 1.54) is 5.57 Å². The molecule has 4 saturated carbocycles. The summed E-state index contributed by atoms with van der Waals surface area (Å²) in [4.78, 5) is 0. The number of allylic oxidation sites excluding steroid dienone is 1. The molecule has 188 valence electrons. The van der Waals surface area contributed by atoms with Crippen LogP contribution < -0.4 is 0 Å². The summed E-state index contributed by atoms with van der Waals surface area (Å²) < 4.78 is 0. The summed E-state index contributed by atoms with van der Waals surface area (Å²) in [6.45, 7) is 19.0. The fraction of sp³-hybridized carbons (Fsp3) is 0.933. The van der Waals surface area contributed by atoms with Crippen molar-refractivity contribution in [2.75, 3.05) is 0 Å². The molecule has 0 saturated heterocycles. The van der Waals surface area contributed by atoms with E-state index >= 15 is 0 Å². The standard InChI is InChI=1S/C30H50O3/c1-17(2)19-15-21(32)25-28(19,6)13-14-29(7)24-18(9-12-30(25,29)8)27(5)11-10-23(33)26(3,4)22(27)16-20(24)31/h9,17,19-25,31-33H,10-16H2,1-8H3/t19-,20-,21+,22-,23-,24-,25-,27+,28-,29-,30+/m0/s1. The van der Waals surface area contributed by atoms with Gasteiger partial charge in [0.1, 0.15) is 0 Å². The topological polar surface area (TPSA) is 60.7 Å². The Morgan fingerprint density at radius 3 is 2.15 bits per heavy atom. The first-order valence-corrected chi connectivity index (χ1v) is 13.9. The van der Waals surface area contributed by atoms with Gasteiger partial charge in [0.2, 0.25) is 0 Å². The zero-order valence-corrected chi connectivity index (χ0v) is 22.5. The van der Waals surface area contributed by atoms with Crippen LogP contribution in [0, 0.1) is 56.7 Å². The normalized spacial score (nSPS) is 57.6. The molecule has 0 amide bonds. The predicted molar refractivity (Wildman–Crippen MR) is 133 cm³/mol. The third-order valence-corrected chi connectivity index (χ3v) is 13.2. The Bertz CT molecular complexity index is 845. The summed E-state index contributed by atoms with van der Waals surface area (Å²) in [5.74, 6) is 1.92. The monoisotopic (exact) mass is 458 g/mol. The van der Waals surface area contributed by atoms with Crippen molar-refractivity contribution < 1.29 is 15.3 Å². The number of aliphatic hydroxyl groups excluding tert-OH is 3. The van der Waals surface area contributed by atoms with Crippen molar-refractivity contribution in [2.45, 2.75) is 119 Å². The van der Waals surface area contributed by atoms with Crippen LogP contribution in [0.1, 0.15) is 100 Å². The van der Waals surface area contributed by atoms with Crippen LogP contribution in [0.5, 0.6) is 0 Å². The molecule has 0 aromatic carbocycles. The van der Waals surface area contributed by atoms with Crippen molar-refractivity contribution >= 4 is 0 Å². The van der Waals surface area contributed by atoms with Gasteiger partial charge in [0.05, 0.1) is 18.3 Å². The van der Waals surface area contributed by atoms with Gasteiger partial charge in [-0.25, -0.2) is 0 Å². The average Bonchev–Trinajstić information content (AvgIpc) is 3.00. The number of hydrogen-bond donors (Lipinski definition) is 3. The third kappa shape index (κ3) is 2.80. The Balaban J connectivity index is 1.61. The van der Waals surface area contributed by atoms with Gasteiger partial charge >= 0.3 is 0 Å². The van der Waals surface area contributed by atoms with Crippen molar-refractivity contribution in [1.29, 1.82) is 0 Å². The van der Waals surface area contributed by atoms with E-state index in [-0.39, 0.29) is 57.2 Å². The molecular formula is C30H50O3. The highest BCUT2D eigenvalue weighted by Crippen LogP contribution is 2.76. The van der Waals surface area contributed by atoms with Gasteiger partial charge in [-0.1, -0.05) is 67.0 Å². The first-order valence-electron chi connectivity index (χ1n) is 13.9. The number of hydrogen-bond acceptors (Lipinski definition) is 3. The van der Waals surface area contributed by atoms with Gasteiger partial charge in [-0.05, 0) is 95.7 Å². The Labute approximate surface area is 202 Å². The zero-order valence-electron chi connectivity index (χ0n) is 22.5. The van der Waals surface area contributed by atoms with E-state index in [0.29, 0.717) is 17.8 Å². The van der Waals surface area contributed by atoms with Gasteiger partial charge < -0.3 is 15.3 Å². The fourth-order valence-corrected chi connectivity index (χ4v) is 11.2.